The summed E-state index contributed by atoms with van der Waals surface area (Å²) >= 11 is 0. The first-order chi connectivity index (χ1) is 9.75. The van der Waals surface area contributed by atoms with E-state index >= 15 is 0 Å². The Labute approximate surface area is 116 Å². The number of amides is 1. The minimum Gasteiger partial charge on any atom is -0.377 e. The molecule has 1 amide bonds. The second kappa shape index (κ2) is 5.46. The number of nitrogens with one attached hydrogen (secondary N) is 1. The van der Waals surface area contributed by atoms with Gasteiger partial charge in [0.15, 0.2) is 0 Å². The molecule has 3 rings (SSSR count). The van der Waals surface area contributed by atoms with Gasteiger partial charge in [-0.1, -0.05) is 0 Å². The molecule has 1 N–H and O–H groups in total. The topological polar surface area (TPSA) is 76.0 Å². The number of aromatic amines is 1. The maximum atomic E-state index is 12.5. The normalized spacial score (nSPS) is 19.2. The van der Waals surface area contributed by atoms with E-state index in [0.717, 1.165) is 11.3 Å². The molecule has 0 bridgehead atoms. The average molecular weight is 275 g/mol. The van der Waals surface area contributed by atoms with Crippen LogP contribution in [0.5, 0.6) is 0 Å². The molecular weight excluding hydrogens is 258 g/mol. The first kappa shape index (κ1) is 12.9. The van der Waals surface area contributed by atoms with Crippen LogP contribution in [-0.4, -0.2) is 50.5 Å². The van der Waals surface area contributed by atoms with Gasteiger partial charge in [-0.2, -0.15) is 10.2 Å². The predicted molar refractivity (Wildman–Crippen MR) is 70.8 cm³/mol. The molecule has 20 heavy (non-hydrogen) atoms. The molecular formula is C13H17N5O2. The molecule has 0 unspecified atom stereocenters. The van der Waals surface area contributed by atoms with Crippen LogP contribution >= 0.6 is 0 Å². The van der Waals surface area contributed by atoms with E-state index < -0.39 is 0 Å². The molecule has 106 valence electrons. The highest BCUT2D eigenvalue weighted by atomic mass is 16.5. The van der Waals surface area contributed by atoms with Gasteiger partial charge in [0.05, 0.1) is 31.1 Å². The summed E-state index contributed by atoms with van der Waals surface area (Å²) in [6.07, 6.45) is 5.22. The van der Waals surface area contributed by atoms with Gasteiger partial charge in [-0.15, -0.1) is 0 Å². The van der Waals surface area contributed by atoms with Crippen LogP contribution in [0.25, 0.3) is 0 Å². The van der Waals surface area contributed by atoms with E-state index in [9.17, 15) is 4.79 Å². The van der Waals surface area contributed by atoms with Crippen molar-refractivity contribution in [2.45, 2.75) is 19.5 Å². The highest BCUT2D eigenvalue weighted by Crippen LogP contribution is 2.25. The number of morpholine rings is 1. The molecule has 2 aromatic rings. The Morgan fingerprint density at radius 1 is 1.60 bits per heavy atom. The number of rotatable bonds is 3. The van der Waals surface area contributed by atoms with Crippen molar-refractivity contribution < 1.29 is 9.53 Å². The molecule has 7 heteroatoms. The summed E-state index contributed by atoms with van der Waals surface area (Å²) in [6.45, 7) is 3.87. The minimum atomic E-state index is -0.102. The highest BCUT2D eigenvalue weighted by Gasteiger charge is 2.30. The molecule has 1 atom stereocenters. The number of hydrogen-bond acceptors (Lipinski definition) is 4. The van der Waals surface area contributed by atoms with Crippen LogP contribution in [0.3, 0.4) is 0 Å². The van der Waals surface area contributed by atoms with Crippen LogP contribution in [0.15, 0.2) is 24.7 Å². The second-order valence-corrected chi connectivity index (χ2v) is 4.85. The Morgan fingerprint density at radius 2 is 2.50 bits per heavy atom. The zero-order chi connectivity index (χ0) is 13.9. The van der Waals surface area contributed by atoms with Crippen LogP contribution in [0, 0.1) is 6.92 Å². The number of nitrogens with zero attached hydrogens (tertiary/aromatic N) is 4. The number of ether oxygens (including phenoxy) is 1. The molecule has 7 nitrogen and oxygen atoms in total. The van der Waals surface area contributed by atoms with E-state index in [4.69, 9.17) is 4.74 Å². The van der Waals surface area contributed by atoms with E-state index in [1.807, 2.05) is 17.9 Å². The van der Waals surface area contributed by atoms with Crippen molar-refractivity contribution in [3.05, 3.63) is 35.9 Å². The first-order valence-corrected chi connectivity index (χ1v) is 6.60. The van der Waals surface area contributed by atoms with E-state index in [-0.39, 0.29) is 18.5 Å². The van der Waals surface area contributed by atoms with Crippen LogP contribution in [-0.2, 0) is 16.1 Å². The molecule has 1 fully saturated rings. The van der Waals surface area contributed by atoms with Gasteiger partial charge in [-0.3, -0.25) is 14.6 Å². The van der Waals surface area contributed by atoms with Gasteiger partial charge in [-0.25, -0.2) is 0 Å². The van der Waals surface area contributed by atoms with Crippen molar-refractivity contribution in [3.8, 4) is 0 Å². The molecule has 0 aliphatic carbocycles. The molecule has 3 heterocycles. The van der Waals surface area contributed by atoms with E-state index in [1.165, 1.54) is 0 Å². The van der Waals surface area contributed by atoms with Crippen LogP contribution in [0.1, 0.15) is 17.3 Å². The maximum Gasteiger partial charge on any atom is 0.245 e. The summed E-state index contributed by atoms with van der Waals surface area (Å²) in [4.78, 5) is 14.3. The Bertz CT molecular complexity index is 577. The van der Waals surface area contributed by atoms with Crippen molar-refractivity contribution in [2.75, 3.05) is 19.8 Å². The van der Waals surface area contributed by atoms with Gasteiger partial charge >= 0.3 is 0 Å². The molecule has 0 radical (unpaired) electrons. The molecule has 1 saturated heterocycles. The smallest absolute Gasteiger partial charge is 0.245 e. The molecule has 1 aliphatic rings. The van der Waals surface area contributed by atoms with E-state index in [1.54, 1.807) is 23.3 Å². The lowest BCUT2D eigenvalue weighted by molar-refractivity contribution is -0.141. The number of aryl methyl sites for hydroxylation is 1. The number of H-pyrrole nitrogens is 1. The van der Waals surface area contributed by atoms with Crippen molar-refractivity contribution in [3.63, 3.8) is 0 Å². The Balaban J connectivity index is 1.78. The fourth-order valence-electron chi connectivity index (χ4n) is 2.46. The molecule has 0 saturated carbocycles. The molecule has 1 aliphatic heterocycles. The number of aromatic nitrogens is 4. The minimum absolute atomic E-state index is 0.0380. The van der Waals surface area contributed by atoms with Gasteiger partial charge in [0.25, 0.3) is 0 Å². The lowest BCUT2D eigenvalue weighted by Gasteiger charge is -2.35. The standard InChI is InChI=1S/C13H17N5O2/c1-10-7-14-16-13(10)11-9-20-6-5-18(11)12(19)8-17-4-2-3-15-17/h2-4,7,11H,5-6,8-9H2,1H3,(H,14,16)/t11-/m0/s1. The number of carbonyl (C=O) groups excluding carboxylic acids is 1. The maximum absolute atomic E-state index is 12.5. The first-order valence-electron chi connectivity index (χ1n) is 6.60. The van der Waals surface area contributed by atoms with Gasteiger partial charge in [-0.05, 0) is 18.6 Å². The van der Waals surface area contributed by atoms with Crippen molar-refractivity contribution >= 4 is 5.91 Å². The summed E-state index contributed by atoms with van der Waals surface area (Å²) in [7, 11) is 0. The Kier molecular flexibility index (Phi) is 3.51. The fraction of sp³-hybridized carbons (Fsp3) is 0.462. The quantitative estimate of drug-likeness (QED) is 0.885. The Morgan fingerprint density at radius 3 is 3.20 bits per heavy atom. The zero-order valence-corrected chi connectivity index (χ0v) is 11.3. The third kappa shape index (κ3) is 2.44. The van der Waals surface area contributed by atoms with Gasteiger partial charge < -0.3 is 9.64 Å². The zero-order valence-electron chi connectivity index (χ0n) is 11.3. The average Bonchev–Trinajstić information content (AvgIpc) is 3.10. The SMILES string of the molecule is Cc1cn[nH]c1[C@@H]1COCCN1C(=O)Cn1cccn1. The summed E-state index contributed by atoms with van der Waals surface area (Å²) in [6, 6.07) is 1.71. The summed E-state index contributed by atoms with van der Waals surface area (Å²) in [5.74, 6) is 0.0380. The van der Waals surface area contributed by atoms with Gasteiger partial charge in [0.1, 0.15) is 6.54 Å². The van der Waals surface area contributed by atoms with Crippen molar-refractivity contribution in [2.24, 2.45) is 0 Å². The van der Waals surface area contributed by atoms with Gasteiger partial charge in [0, 0.05) is 18.9 Å². The number of carbonyl (C=O) groups is 1. The fourth-order valence-corrected chi connectivity index (χ4v) is 2.46. The van der Waals surface area contributed by atoms with Crippen LogP contribution < -0.4 is 0 Å². The summed E-state index contributed by atoms with van der Waals surface area (Å²) in [5.41, 5.74) is 1.98. The lowest BCUT2D eigenvalue weighted by Crippen LogP contribution is -2.45. The van der Waals surface area contributed by atoms with Crippen molar-refractivity contribution in [1.29, 1.82) is 0 Å². The highest BCUT2D eigenvalue weighted by molar-refractivity contribution is 5.76. The summed E-state index contributed by atoms with van der Waals surface area (Å²) < 4.78 is 7.15. The third-order valence-electron chi connectivity index (χ3n) is 3.51. The monoisotopic (exact) mass is 275 g/mol. The van der Waals surface area contributed by atoms with E-state index in [0.29, 0.717) is 19.8 Å². The van der Waals surface area contributed by atoms with E-state index in [2.05, 4.69) is 15.3 Å². The van der Waals surface area contributed by atoms with Crippen LogP contribution in [0.2, 0.25) is 0 Å². The molecule has 2 aromatic heterocycles. The van der Waals surface area contributed by atoms with Crippen molar-refractivity contribution in [1.82, 2.24) is 24.9 Å². The number of hydrogen-bond donors (Lipinski definition) is 1. The largest absolute Gasteiger partial charge is 0.377 e. The van der Waals surface area contributed by atoms with Gasteiger partial charge in [0.2, 0.25) is 5.91 Å². The third-order valence-corrected chi connectivity index (χ3v) is 3.51. The molecule has 0 spiro atoms. The second-order valence-electron chi connectivity index (χ2n) is 4.85. The Hall–Kier alpha value is -2.15. The lowest BCUT2D eigenvalue weighted by atomic mass is 10.1. The summed E-state index contributed by atoms with van der Waals surface area (Å²) in [5, 5.41) is 11.1. The molecule has 0 aromatic carbocycles. The van der Waals surface area contributed by atoms with Crippen LogP contribution in [0.4, 0.5) is 0 Å². The predicted octanol–water partition coefficient (Wildman–Crippen LogP) is 0.515.